The van der Waals surface area contributed by atoms with Crippen LogP contribution in [0.15, 0.2) is 186 Å². The molecule has 0 fully saturated rings. The maximum atomic E-state index is 5.47. The molecule has 7 unspecified atom stereocenters. The smallest absolute Gasteiger partial charge is 0.129 e. The first-order valence-corrected chi connectivity index (χ1v) is 24.0. The SMILES string of the molecule is C1=CC(C2NC(C3CC=CCC3)=NC(c3ccc(-c4ccccc4)cc3)N2)C(n2c3c(c4cc5ccccc5cc42)C=C(N2c4ccccc4C4C5=C(CCC=C5)CCC42)CC3)C=C1. The molecule has 0 radical (unpaired) electrons. The van der Waals surface area contributed by atoms with Gasteiger partial charge < -0.3 is 14.8 Å². The summed E-state index contributed by atoms with van der Waals surface area (Å²) in [7, 11) is 0. The fourth-order valence-corrected chi connectivity index (χ4v) is 12.6. The maximum Gasteiger partial charge on any atom is 0.129 e. The van der Waals surface area contributed by atoms with Gasteiger partial charge in [0.25, 0.3) is 0 Å². The molecule has 2 aliphatic heterocycles. The third kappa shape index (κ3) is 6.34. The highest BCUT2D eigenvalue weighted by atomic mass is 15.3. The van der Waals surface area contributed by atoms with Gasteiger partial charge in [0.1, 0.15) is 12.0 Å². The number of rotatable bonds is 6. The summed E-state index contributed by atoms with van der Waals surface area (Å²) in [6.45, 7) is 0. The minimum atomic E-state index is -0.149. The number of allylic oxidation sites excluding steroid dienone is 9. The van der Waals surface area contributed by atoms with Crippen LogP contribution in [0.3, 0.4) is 0 Å². The third-order valence-corrected chi connectivity index (χ3v) is 15.6. The van der Waals surface area contributed by atoms with Crippen LogP contribution < -0.4 is 15.5 Å². The van der Waals surface area contributed by atoms with Crippen LogP contribution in [0.2, 0.25) is 0 Å². The number of para-hydroxylation sites is 1. The molecule has 0 spiro atoms. The van der Waals surface area contributed by atoms with Crippen molar-refractivity contribution in [3.05, 3.63) is 203 Å². The van der Waals surface area contributed by atoms with Gasteiger partial charge >= 0.3 is 0 Å². The van der Waals surface area contributed by atoms with Crippen molar-refractivity contribution in [2.45, 2.75) is 88.1 Å². The second kappa shape index (κ2) is 15.7. The van der Waals surface area contributed by atoms with E-state index in [2.05, 4.69) is 190 Å². The molecule has 5 heteroatoms. The average molecular weight is 834 g/mol. The Morgan fingerprint density at radius 1 is 0.688 bits per heavy atom. The van der Waals surface area contributed by atoms with Crippen LogP contribution in [0.1, 0.15) is 91.9 Å². The van der Waals surface area contributed by atoms with Crippen LogP contribution in [-0.4, -0.2) is 22.6 Å². The number of anilines is 1. The molecule has 0 amide bonds. The monoisotopic (exact) mass is 833 g/mol. The van der Waals surface area contributed by atoms with Gasteiger partial charge in [-0.2, -0.15) is 0 Å². The molecule has 1 aromatic heterocycles. The summed E-state index contributed by atoms with van der Waals surface area (Å²) >= 11 is 0. The van der Waals surface area contributed by atoms with Crippen molar-refractivity contribution in [2.75, 3.05) is 4.90 Å². The zero-order valence-corrected chi connectivity index (χ0v) is 36.4. The number of hydrogen-bond acceptors (Lipinski definition) is 4. The predicted octanol–water partition coefficient (Wildman–Crippen LogP) is 13.4. The van der Waals surface area contributed by atoms with Gasteiger partial charge in [-0.3, -0.25) is 5.32 Å². The van der Waals surface area contributed by atoms with Gasteiger partial charge in [-0.15, -0.1) is 0 Å². The molecule has 5 nitrogen and oxygen atoms in total. The Labute approximate surface area is 377 Å². The first-order chi connectivity index (χ1) is 31.7. The van der Waals surface area contributed by atoms with Gasteiger partial charge in [0.05, 0.1) is 17.7 Å². The number of nitrogens with zero attached hydrogens (tertiary/aromatic N) is 3. The number of nitrogens with one attached hydrogen (secondary N) is 2. The number of aromatic nitrogens is 1. The van der Waals surface area contributed by atoms with Crippen molar-refractivity contribution < 1.29 is 0 Å². The summed E-state index contributed by atoms with van der Waals surface area (Å²) in [5.41, 5.74) is 15.5. The highest BCUT2D eigenvalue weighted by molar-refractivity contribution is 6.02. The summed E-state index contributed by atoms with van der Waals surface area (Å²) in [4.78, 5) is 8.26. The summed E-state index contributed by atoms with van der Waals surface area (Å²) in [6.07, 6.45) is 31.6. The Hall–Kier alpha value is -6.43. The van der Waals surface area contributed by atoms with E-state index in [1.807, 2.05) is 0 Å². The molecule has 13 rings (SSSR count). The van der Waals surface area contributed by atoms with Gasteiger partial charge in [0.2, 0.25) is 0 Å². The molecule has 0 bridgehead atoms. The number of hydrogen-bond donors (Lipinski definition) is 2. The van der Waals surface area contributed by atoms with E-state index in [-0.39, 0.29) is 24.3 Å². The molecule has 6 aromatic rings. The lowest BCUT2D eigenvalue weighted by atomic mass is 9.74. The van der Waals surface area contributed by atoms with Crippen LogP contribution in [0.5, 0.6) is 0 Å². The number of aliphatic imine (C=N–C) groups is 1. The molecule has 0 saturated carbocycles. The van der Waals surface area contributed by atoms with E-state index < -0.39 is 0 Å². The van der Waals surface area contributed by atoms with Crippen molar-refractivity contribution in [3.8, 4) is 11.1 Å². The quantitative estimate of drug-likeness (QED) is 0.164. The second-order valence-corrected chi connectivity index (χ2v) is 19.1. The van der Waals surface area contributed by atoms with Crippen molar-refractivity contribution in [1.29, 1.82) is 0 Å². The van der Waals surface area contributed by atoms with E-state index in [4.69, 9.17) is 4.99 Å². The topological polar surface area (TPSA) is 44.6 Å². The summed E-state index contributed by atoms with van der Waals surface area (Å²) in [5, 5.41) is 12.1. The van der Waals surface area contributed by atoms with Crippen molar-refractivity contribution >= 4 is 39.3 Å². The molecular formula is C59H55N5. The maximum absolute atomic E-state index is 5.47. The van der Waals surface area contributed by atoms with Crippen LogP contribution in [-0.2, 0) is 6.42 Å². The number of fused-ring (bicyclic) bond motifs is 8. The first-order valence-electron chi connectivity index (χ1n) is 24.0. The largest absolute Gasteiger partial charge is 0.357 e. The molecule has 7 aliphatic rings. The Bertz CT molecular complexity index is 3030. The lowest BCUT2D eigenvalue weighted by molar-refractivity contribution is 0.274. The Kier molecular flexibility index (Phi) is 9.32. The van der Waals surface area contributed by atoms with Gasteiger partial charge in [0.15, 0.2) is 0 Å². The fraction of sp³-hybridized carbons (Fsp3) is 0.271. The normalized spacial score (nSPS) is 26.9. The number of benzene rings is 5. The summed E-state index contributed by atoms with van der Waals surface area (Å²) in [5.74, 6) is 2.11. The molecule has 316 valence electrons. The minimum absolute atomic E-state index is 0.0241. The molecular weight excluding hydrogens is 779 g/mol. The number of amidine groups is 1. The first kappa shape index (κ1) is 38.1. The zero-order chi connectivity index (χ0) is 42.1. The van der Waals surface area contributed by atoms with E-state index in [9.17, 15) is 0 Å². The Morgan fingerprint density at radius 3 is 2.38 bits per heavy atom. The molecule has 0 saturated heterocycles. The van der Waals surface area contributed by atoms with Crippen molar-refractivity contribution in [3.63, 3.8) is 0 Å². The molecule has 5 aliphatic carbocycles. The lowest BCUT2D eigenvalue weighted by Gasteiger charge is -2.41. The molecule has 3 heterocycles. The van der Waals surface area contributed by atoms with Gasteiger partial charge in [-0.05, 0) is 121 Å². The fourth-order valence-electron chi connectivity index (χ4n) is 12.6. The van der Waals surface area contributed by atoms with Crippen molar-refractivity contribution in [2.24, 2.45) is 16.8 Å². The van der Waals surface area contributed by atoms with Gasteiger partial charge in [-0.25, -0.2) is 4.99 Å². The third-order valence-electron chi connectivity index (χ3n) is 15.6. The Morgan fingerprint density at radius 2 is 1.50 bits per heavy atom. The second-order valence-electron chi connectivity index (χ2n) is 19.1. The standard InChI is InChI=1S/C59H55N5/c1-3-15-38(16-4-1)39-27-29-42(30-28-39)58-60-57(41-18-5-2-6-19-41)61-59(62-58)48-24-12-14-26-52(48)64-53-34-32-45(37-50(53)49-35-43-20-7-8-21-44(43)36-55(49)64)63-51-25-13-11-23-47(51)56-46-22-10-9-17-40(46)31-33-54(56)63/h1-5,7-8,10-16,20-30,35-37,41,48,52,54,56,58-59,62H,6,9,17-19,31-34H2,(H,60,61). The van der Waals surface area contributed by atoms with E-state index in [1.165, 1.54) is 92.3 Å². The van der Waals surface area contributed by atoms with Crippen LogP contribution >= 0.6 is 0 Å². The predicted molar refractivity (Wildman–Crippen MR) is 265 cm³/mol. The van der Waals surface area contributed by atoms with E-state index in [0.717, 1.165) is 37.9 Å². The molecule has 2 N–H and O–H groups in total. The summed E-state index contributed by atoms with van der Waals surface area (Å²) in [6, 6.07) is 43.5. The average Bonchev–Trinajstić information content (AvgIpc) is 3.88. The molecule has 7 atom stereocenters. The molecule has 64 heavy (non-hydrogen) atoms. The van der Waals surface area contributed by atoms with Crippen LogP contribution in [0.4, 0.5) is 5.69 Å². The van der Waals surface area contributed by atoms with E-state index in [1.54, 1.807) is 11.1 Å². The van der Waals surface area contributed by atoms with E-state index in [0.29, 0.717) is 17.9 Å². The van der Waals surface area contributed by atoms with Crippen LogP contribution in [0, 0.1) is 11.8 Å². The van der Waals surface area contributed by atoms with Crippen molar-refractivity contribution in [1.82, 2.24) is 15.2 Å². The van der Waals surface area contributed by atoms with Crippen LogP contribution in [0.25, 0.3) is 38.9 Å². The highest BCUT2D eigenvalue weighted by Crippen LogP contribution is 2.54. The lowest BCUT2D eigenvalue weighted by Crippen LogP contribution is -2.57. The molecule has 5 aromatic carbocycles. The zero-order valence-electron chi connectivity index (χ0n) is 36.4. The van der Waals surface area contributed by atoms with E-state index >= 15 is 0 Å². The Balaban J connectivity index is 0.905. The van der Waals surface area contributed by atoms with Gasteiger partial charge in [0, 0.05) is 51.8 Å². The highest BCUT2D eigenvalue weighted by Gasteiger charge is 2.45. The van der Waals surface area contributed by atoms with Gasteiger partial charge in [-0.1, -0.05) is 151 Å². The summed E-state index contributed by atoms with van der Waals surface area (Å²) < 4.78 is 2.74. The minimum Gasteiger partial charge on any atom is -0.357 e.